The summed E-state index contributed by atoms with van der Waals surface area (Å²) in [5, 5.41) is 0. The van der Waals surface area contributed by atoms with Crippen LogP contribution in [0, 0.1) is 0 Å². The van der Waals surface area contributed by atoms with Crippen molar-refractivity contribution in [3.05, 3.63) is 0 Å². The molecule has 0 N–H and O–H groups in total. The fourth-order valence-electron chi connectivity index (χ4n) is 2.57. The van der Waals surface area contributed by atoms with E-state index >= 15 is 0 Å². The van der Waals surface area contributed by atoms with E-state index < -0.39 is 0 Å². The monoisotopic (exact) mass is 659 g/mol. The van der Waals surface area contributed by atoms with Gasteiger partial charge in [-0.05, 0) is 25.7 Å². The Labute approximate surface area is 166 Å². The van der Waals surface area contributed by atoms with Crippen molar-refractivity contribution < 1.29 is 21.5 Å². The molecule has 0 rings (SSSR count). The normalized spacial score (nSPS) is 10.7. The summed E-state index contributed by atoms with van der Waals surface area (Å²) in [6, 6.07) is 0. The maximum absolute atomic E-state index is 2.32. The van der Waals surface area contributed by atoms with Crippen LogP contribution < -0.4 is 17.0 Å². The first-order valence-corrected chi connectivity index (χ1v) is 10.5. The average Bonchev–Trinajstić information content (AvgIpc) is 2.18. The molecule has 5 heteroatoms. The molecule has 1 nitrogen and oxygen atoms in total. The lowest BCUT2D eigenvalue weighted by atomic mass is 10.2. The van der Waals surface area contributed by atoms with Crippen LogP contribution >= 0.6 is 67.8 Å². The van der Waals surface area contributed by atoms with E-state index in [9.17, 15) is 0 Å². The Balaban J connectivity index is -0.000000392. The minimum atomic E-state index is 0. The van der Waals surface area contributed by atoms with Gasteiger partial charge in [0.25, 0.3) is 0 Å². The van der Waals surface area contributed by atoms with Gasteiger partial charge in [-0.1, -0.05) is 95.5 Å². The maximum atomic E-state index is 2.32. The van der Waals surface area contributed by atoms with Crippen molar-refractivity contribution in [2.45, 2.75) is 53.3 Å². The van der Waals surface area contributed by atoms with Gasteiger partial charge in [-0.15, -0.1) is 0 Å². The highest BCUT2D eigenvalue weighted by Crippen LogP contribution is 2.16. The predicted molar refractivity (Wildman–Crippen MR) is 107 cm³/mol. The van der Waals surface area contributed by atoms with E-state index in [2.05, 4.69) is 95.5 Å². The summed E-state index contributed by atoms with van der Waals surface area (Å²) in [6.45, 7) is 14.8. The minimum Gasteiger partial charge on any atom is -1.00 e. The summed E-state index contributed by atoms with van der Waals surface area (Å²) >= 11 is 6.95. The molecule has 0 heterocycles. The summed E-state index contributed by atoms with van der Waals surface area (Å²) in [7, 11) is 0. The van der Waals surface area contributed by atoms with Gasteiger partial charge in [-0.3, -0.25) is 0 Å². The van der Waals surface area contributed by atoms with Crippen LogP contribution in [0.15, 0.2) is 0 Å². The van der Waals surface area contributed by atoms with Crippen LogP contribution in [0.25, 0.3) is 0 Å². The second-order valence-electron chi connectivity index (χ2n) is 4.48. The molecule has 0 amide bonds. The zero-order chi connectivity index (χ0) is 13.7. The Morgan fingerprint density at radius 3 is 0.944 bits per heavy atom. The van der Waals surface area contributed by atoms with Gasteiger partial charge in [-0.25, -0.2) is 0 Å². The van der Waals surface area contributed by atoms with Crippen LogP contribution in [0.4, 0.5) is 0 Å². The third-order valence-corrected chi connectivity index (χ3v) is 2.79. The molecule has 18 heavy (non-hydrogen) atoms. The van der Waals surface area contributed by atoms with Crippen molar-refractivity contribution in [3.63, 3.8) is 0 Å². The number of halogens is 4. The molecule has 0 spiro atoms. The highest BCUT2D eigenvalue weighted by Gasteiger charge is 2.22. The van der Waals surface area contributed by atoms with Crippen LogP contribution in [-0.2, 0) is 0 Å². The van der Waals surface area contributed by atoms with E-state index in [1.54, 1.807) is 0 Å². The van der Waals surface area contributed by atoms with Crippen LogP contribution in [0.2, 0.25) is 0 Å². The van der Waals surface area contributed by atoms with E-state index in [0.29, 0.717) is 0 Å². The largest absolute Gasteiger partial charge is 1.00 e. The van der Waals surface area contributed by atoms with E-state index in [-0.39, 0.29) is 17.0 Å². The molecule has 0 aromatic rings. The molecule has 0 aromatic carbocycles. The molecule has 0 aliphatic rings. The molecule has 0 saturated heterocycles. The summed E-state index contributed by atoms with van der Waals surface area (Å²) in [4.78, 5) is 0. The van der Waals surface area contributed by atoms with E-state index in [4.69, 9.17) is 0 Å². The Hall–Kier alpha value is 2.63. The average molecular weight is 660 g/mol. The quantitative estimate of drug-likeness (QED) is 0.214. The van der Waals surface area contributed by atoms with Crippen LogP contribution in [0.3, 0.4) is 0 Å². The molecule has 0 bridgehead atoms. The Morgan fingerprint density at radius 2 is 0.833 bits per heavy atom. The maximum Gasteiger partial charge on any atom is 0.114 e. The lowest BCUT2D eigenvalue weighted by Crippen LogP contribution is -3.00. The topological polar surface area (TPSA) is 0 Å². The van der Waals surface area contributed by atoms with Crippen LogP contribution in [-0.4, -0.2) is 30.6 Å². The first kappa shape index (κ1) is 25.6. The van der Waals surface area contributed by atoms with Gasteiger partial charge in [0.2, 0.25) is 0 Å². The Bertz CT molecular complexity index is 125. The van der Waals surface area contributed by atoms with Gasteiger partial charge >= 0.3 is 0 Å². The van der Waals surface area contributed by atoms with Crippen molar-refractivity contribution in [1.29, 1.82) is 0 Å². The van der Waals surface area contributed by atoms with E-state index in [0.717, 1.165) is -0.0619 Å². The van der Waals surface area contributed by atoms with Crippen molar-refractivity contribution in [2.75, 3.05) is 26.2 Å². The SMILES string of the molecule is CCC[N+](CCC)(CCC)CCC.IC(I)I.[Br-]. The zero-order valence-corrected chi connectivity index (χ0v) is 20.3. The van der Waals surface area contributed by atoms with Gasteiger partial charge in [0.15, 0.2) is 0 Å². The second-order valence-corrected chi connectivity index (χ2v) is 15.4. The summed E-state index contributed by atoms with van der Waals surface area (Å²) in [5.74, 6) is 0. The third-order valence-electron chi connectivity index (χ3n) is 2.79. The predicted octanol–water partition coefficient (Wildman–Crippen LogP) is 3.02. The van der Waals surface area contributed by atoms with Gasteiger partial charge in [0.05, 0.1) is 26.2 Å². The van der Waals surface area contributed by atoms with Crippen LogP contribution in [0.1, 0.15) is 53.4 Å². The standard InChI is InChI=1S/C12H28N.CHI3.BrH/c1-5-9-13(10-6-2,11-7-3)12-8-4;2-1(3)4;/h5-12H2,1-4H3;1H;1H/q+1;;/p-1. The molecule has 0 unspecified atom stereocenters. The second kappa shape index (κ2) is 17.7. The fourth-order valence-corrected chi connectivity index (χ4v) is 2.57. The Kier molecular flexibility index (Phi) is 25.1. The van der Waals surface area contributed by atoms with Gasteiger partial charge in [0, 0.05) is 0 Å². The third kappa shape index (κ3) is 16.7. The zero-order valence-electron chi connectivity index (χ0n) is 12.2. The number of quaternary nitrogens is 1. The van der Waals surface area contributed by atoms with Crippen molar-refractivity contribution in [1.82, 2.24) is 0 Å². The molecule has 0 aliphatic carbocycles. The number of alkyl halides is 3. The summed E-state index contributed by atoms with van der Waals surface area (Å²) in [6.07, 6.45) is 5.33. The molecular formula is C13H29BrI3N. The molecule has 0 fully saturated rings. The molecular weight excluding hydrogens is 631 g/mol. The van der Waals surface area contributed by atoms with Gasteiger partial charge in [-0.2, -0.15) is 0 Å². The molecule has 0 aliphatic heterocycles. The minimum absolute atomic E-state index is 0. The highest BCUT2D eigenvalue weighted by atomic mass is 127. The highest BCUT2D eigenvalue weighted by molar-refractivity contribution is 14.3. The number of rotatable bonds is 8. The molecule has 0 aromatic heterocycles. The van der Waals surface area contributed by atoms with Gasteiger partial charge < -0.3 is 21.5 Å². The lowest BCUT2D eigenvalue weighted by Gasteiger charge is -2.38. The molecule has 0 atom stereocenters. The molecule has 0 saturated carbocycles. The van der Waals surface area contributed by atoms with Crippen molar-refractivity contribution in [2.24, 2.45) is 0 Å². The lowest BCUT2D eigenvalue weighted by molar-refractivity contribution is -0.928. The first-order chi connectivity index (χ1) is 7.97. The molecule has 0 radical (unpaired) electrons. The van der Waals surface area contributed by atoms with E-state index in [1.165, 1.54) is 56.3 Å². The van der Waals surface area contributed by atoms with Crippen molar-refractivity contribution >= 4 is 67.8 Å². The number of hydrogen-bond acceptors (Lipinski definition) is 0. The Morgan fingerprint density at radius 1 is 0.667 bits per heavy atom. The van der Waals surface area contributed by atoms with Gasteiger partial charge in [0.1, 0.15) is -0.0619 Å². The van der Waals surface area contributed by atoms with E-state index in [1.807, 2.05) is 0 Å². The number of nitrogens with zero attached hydrogens (tertiary/aromatic N) is 1. The smallest absolute Gasteiger partial charge is 0.114 e. The number of hydrogen-bond donors (Lipinski definition) is 0. The first-order valence-electron chi connectivity index (χ1n) is 6.75. The molecule has 114 valence electrons. The van der Waals surface area contributed by atoms with Crippen molar-refractivity contribution in [3.8, 4) is 0 Å². The van der Waals surface area contributed by atoms with Crippen LogP contribution in [0.5, 0.6) is 0 Å². The summed E-state index contributed by atoms with van der Waals surface area (Å²) < 4.78 is 2.12. The summed E-state index contributed by atoms with van der Waals surface area (Å²) in [5.41, 5.74) is 0. The fraction of sp³-hybridized carbons (Fsp3) is 1.00.